The lowest BCUT2D eigenvalue weighted by atomic mass is 10.2. The molecule has 1 aliphatic rings. The second-order valence-electron chi connectivity index (χ2n) is 3.29. The molecule has 1 aliphatic heterocycles. The van der Waals surface area contributed by atoms with E-state index < -0.39 is 0 Å². The first-order chi connectivity index (χ1) is 6.95. The van der Waals surface area contributed by atoms with Crippen LogP contribution in [0.4, 0.5) is 5.69 Å². The van der Waals surface area contributed by atoms with E-state index in [0.717, 1.165) is 17.8 Å². The molecule has 0 spiro atoms. The fourth-order valence-corrected chi connectivity index (χ4v) is 2.75. The maximum atomic E-state index is 4.42. The second kappa shape index (κ2) is 3.17. The summed E-state index contributed by atoms with van der Waals surface area (Å²) in [4.78, 5) is 5.77. The highest BCUT2D eigenvalue weighted by atomic mass is 32.2. The average Bonchev–Trinajstić information content (AvgIpc) is 2.29. The van der Waals surface area contributed by atoms with Crippen LogP contribution in [0.5, 0.6) is 0 Å². The smallest absolute Gasteiger partial charge is 0.0714 e. The Kier molecular flexibility index (Phi) is 1.84. The predicted octanol–water partition coefficient (Wildman–Crippen LogP) is 2.75. The monoisotopic (exact) mass is 202 g/mol. The molecule has 0 amide bonds. The van der Waals surface area contributed by atoms with Crippen LogP contribution in [-0.2, 0) is 0 Å². The highest BCUT2D eigenvalue weighted by Gasteiger charge is 2.12. The number of aromatic nitrogens is 1. The van der Waals surface area contributed by atoms with Gasteiger partial charge in [-0.2, -0.15) is 0 Å². The largest absolute Gasteiger partial charge is 0.382 e. The molecule has 0 saturated carbocycles. The molecule has 1 aromatic carbocycles. The van der Waals surface area contributed by atoms with Crippen LogP contribution in [0.15, 0.2) is 35.4 Å². The number of nitrogens with one attached hydrogen (secondary N) is 1. The van der Waals surface area contributed by atoms with E-state index in [1.54, 1.807) is 0 Å². The zero-order valence-electron chi connectivity index (χ0n) is 7.66. The summed E-state index contributed by atoms with van der Waals surface area (Å²) >= 11 is 1.92. The quantitative estimate of drug-likeness (QED) is 0.711. The number of nitrogens with zero attached hydrogens (tertiary/aromatic N) is 1. The van der Waals surface area contributed by atoms with Gasteiger partial charge < -0.3 is 5.32 Å². The van der Waals surface area contributed by atoms with Crippen molar-refractivity contribution in [2.75, 3.05) is 17.6 Å². The summed E-state index contributed by atoms with van der Waals surface area (Å²) in [6.07, 6.45) is 1.93. The summed E-state index contributed by atoms with van der Waals surface area (Å²) in [5.41, 5.74) is 2.27. The Labute approximate surface area is 86.7 Å². The van der Waals surface area contributed by atoms with Gasteiger partial charge in [-0.15, -0.1) is 11.8 Å². The van der Waals surface area contributed by atoms with Crippen molar-refractivity contribution in [3.8, 4) is 0 Å². The van der Waals surface area contributed by atoms with Crippen molar-refractivity contribution in [1.82, 2.24) is 4.98 Å². The summed E-state index contributed by atoms with van der Waals surface area (Å²) in [5.74, 6) is 1.14. The second-order valence-corrected chi connectivity index (χ2v) is 4.40. The minimum Gasteiger partial charge on any atom is -0.382 e. The van der Waals surface area contributed by atoms with E-state index in [4.69, 9.17) is 0 Å². The highest BCUT2D eigenvalue weighted by Crippen LogP contribution is 2.35. The van der Waals surface area contributed by atoms with Gasteiger partial charge in [-0.1, -0.05) is 18.2 Å². The van der Waals surface area contributed by atoms with Crippen molar-refractivity contribution < 1.29 is 0 Å². The third kappa shape index (κ3) is 1.16. The van der Waals surface area contributed by atoms with Crippen LogP contribution < -0.4 is 5.32 Å². The maximum absolute atomic E-state index is 4.42. The van der Waals surface area contributed by atoms with Gasteiger partial charge in [0.05, 0.1) is 17.4 Å². The number of fused-ring (bicyclic) bond motifs is 3. The van der Waals surface area contributed by atoms with Gasteiger partial charge in [-0.25, -0.2) is 0 Å². The fraction of sp³-hybridized carbons (Fsp3) is 0.182. The van der Waals surface area contributed by atoms with Crippen molar-refractivity contribution >= 4 is 28.4 Å². The van der Waals surface area contributed by atoms with Crippen molar-refractivity contribution in [2.45, 2.75) is 4.90 Å². The molecule has 1 N–H and O–H groups in total. The standard InChI is InChI=1S/C11H10N2S/c1-2-4-9-8(3-1)11-10(7-13-9)12-5-6-14-11/h1-4,7,12H,5-6H2. The highest BCUT2D eigenvalue weighted by molar-refractivity contribution is 7.99. The van der Waals surface area contributed by atoms with Crippen LogP contribution in [0.2, 0.25) is 0 Å². The summed E-state index contributed by atoms with van der Waals surface area (Å²) in [6.45, 7) is 1.04. The van der Waals surface area contributed by atoms with Crippen LogP contribution in [0.25, 0.3) is 10.9 Å². The molecule has 2 nitrogen and oxygen atoms in total. The first-order valence-electron chi connectivity index (χ1n) is 4.69. The number of pyridine rings is 1. The molecule has 3 heteroatoms. The number of hydrogen-bond donors (Lipinski definition) is 1. The van der Waals surface area contributed by atoms with Crippen molar-refractivity contribution in [2.24, 2.45) is 0 Å². The normalized spacial score (nSPS) is 14.9. The first-order valence-corrected chi connectivity index (χ1v) is 5.68. The van der Waals surface area contributed by atoms with Gasteiger partial charge in [0.15, 0.2) is 0 Å². The molecule has 2 heterocycles. The third-order valence-corrected chi connectivity index (χ3v) is 3.53. The van der Waals surface area contributed by atoms with Crippen molar-refractivity contribution in [1.29, 1.82) is 0 Å². The maximum Gasteiger partial charge on any atom is 0.0714 e. The van der Waals surface area contributed by atoms with E-state index in [2.05, 4.69) is 28.5 Å². The van der Waals surface area contributed by atoms with Gasteiger partial charge in [-0.3, -0.25) is 4.98 Å². The minimum atomic E-state index is 1.04. The molecular weight excluding hydrogens is 192 g/mol. The van der Waals surface area contributed by atoms with Gasteiger partial charge >= 0.3 is 0 Å². The number of anilines is 1. The molecule has 0 radical (unpaired) electrons. The minimum absolute atomic E-state index is 1.04. The summed E-state index contributed by atoms with van der Waals surface area (Å²) in [7, 11) is 0. The van der Waals surface area contributed by atoms with Crippen LogP contribution >= 0.6 is 11.8 Å². The topological polar surface area (TPSA) is 24.9 Å². The van der Waals surface area contributed by atoms with Crippen LogP contribution in [0.1, 0.15) is 0 Å². The summed E-state index contributed by atoms with van der Waals surface area (Å²) in [6, 6.07) is 8.30. The van der Waals surface area contributed by atoms with Crippen molar-refractivity contribution in [3.63, 3.8) is 0 Å². The molecule has 3 rings (SSSR count). The van der Waals surface area contributed by atoms with Gasteiger partial charge in [0.25, 0.3) is 0 Å². The van der Waals surface area contributed by atoms with E-state index in [1.165, 1.54) is 16.0 Å². The number of hydrogen-bond acceptors (Lipinski definition) is 3. The van der Waals surface area contributed by atoms with Gasteiger partial charge in [-0.05, 0) is 6.07 Å². The molecule has 2 aromatic rings. The molecule has 0 bridgehead atoms. The molecule has 0 atom stereocenters. The lowest BCUT2D eigenvalue weighted by molar-refractivity contribution is 1.16. The van der Waals surface area contributed by atoms with Crippen molar-refractivity contribution in [3.05, 3.63) is 30.5 Å². The third-order valence-electron chi connectivity index (χ3n) is 2.39. The Hall–Kier alpha value is -1.22. The van der Waals surface area contributed by atoms with Gasteiger partial charge in [0.1, 0.15) is 0 Å². The van der Waals surface area contributed by atoms with Crippen LogP contribution in [0.3, 0.4) is 0 Å². The number of benzene rings is 1. The predicted molar refractivity (Wildman–Crippen MR) is 61.0 cm³/mol. The van der Waals surface area contributed by atoms with Gasteiger partial charge in [0, 0.05) is 22.6 Å². The van der Waals surface area contributed by atoms with E-state index in [9.17, 15) is 0 Å². The average molecular weight is 202 g/mol. The fourth-order valence-electron chi connectivity index (χ4n) is 1.74. The molecule has 70 valence electrons. The van der Waals surface area contributed by atoms with E-state index in [-0.39, 0.29) is 0 Å². The molecule has 0 saturated heterocycles. The molecule has 14 heavy (non-hydrogen) atoms. The Bertz CT molecular complexity index is 482. The van der Waals surface area contributed by atoms with E-state index >= 15 is 0 Å². The Balaban J connectivity index is 2.34. The molecule has 0 fully saturated rings. The SMILES string of the molecule is c1ccc2c3c(cnc2c1)NCCS3. The van der Waals surface area contributed by atoms with Crippen LogP contribution in [0, 0.1) is 0 Å². The Morgan fingerprint density at radius 2 is 2.21 bits per heavy atom. The summed E-state index contributed by atoms with van der Waals surface area (Å²) in [5, 5.41) is 4.64. The van der Waals surface area contributed by atoms with E-state index in [0.29, 0.717) is 0 Å². The lowest BCUT2D eigenvalue weighted by Crippen LogP contribution is -2.10. The molecule has 0 unspecified atom stereocenters. The number of rotatable bonds is 0. The Morgan fingerprint density at radius 1 is 1.29 bits per heavy atom. The first kappa shape index (κ1) is 8.12. The zero-order chi connectivity index (χ0) is 9.38. The molecule has 0 aliphatic carbocycles. The summed E-state index contributed by atoms with van der Waals surface area (Å²) < 4.78 is 0. The van der Waals surface area contributed by atoms with Crippen LogP contribution in [-0.4, -0.2) is 17.3 Å². The van der Waals surface area contributed by atoms with E-state index in [1.807, 2.05) is 24.0 Å². The number of thioether (sulfide) groups is 1. The number of para-hydroxylation sites is 1. The van der Waals surface area contributed by atoms with Gasteiger partial charge in [0.2, 0.25) is 0 Å². The molecule has 1 aromatic heterocycles. The Morgan fingerprint density at radius 3 is 3.21 bits per heavy atom. The zero-order valence-corrected chi connectivity index (χ0v) is 8.47. The molecular formula is C11H10N2S. The lowest BCUT2D eigenvalue weighted by Gasteiger charge is -2.18.